The molecule has 0 amide bonds. The molecule has 0 saturated heterocycles. The Morgan fingerprint density at radius 3 is 2.11 bits per heavy atom. The lowest BCUT2D eigenvalue weighted by molar-refractivity contribution is 0.600. The fourth-order valence-corrected chi connectivity index (χ4v) is 1.82. The summed E-state index contributed by atoms with van der Waals surface area (Å²) >= 11 is 0. The SMILES string of the molecule is N#Cc1ccc(Cn2nc3ccccc3n2)cc1. The first-order chi connectivity index (χ1) is 8.85. The second-order valence-electron chi connectivity index (χ2n) is 4.03. The lowest BCUT2D eigenvalue weighted by Gasteiger charge is -1.99. The minimum absolute atomic E-state index is 0.611. The first-order valence-corrected chi connectivity index (χ1v) is 5.64. The highest BCUT2D eigenvalue weighted by molar-refractivity contribution is 5.72. The Bertz CT molecular complexity index is 686. The summed E-state index contributed by atoms with van der Waals surface area (Å²) in [5.74, 6) is 0. The molecule has 1 aromatic heterocycles. The van der Waals surface area contributed by atoms with Crippen LogP contribution in [0.1, 0.15) is 11.1 Å². The second-order valence-corrected chi connectivity index (χ2v) is 4.03. The molecular weight excluding hydrogens is 224 g/mol. The molecular formula is C14H10N4. The van der Waals surface area contributed by atoms with Gasteiger partial charge in [0.25, 0.3) is 0 Å². The monoisotopic (exact) mass is 234 g/mol. The van der Waals surface area contributed by atoms with Crippen LogP contribution < -0.4 is 0 Å². The topological polar surface area (TPSA) is 54.5 Å². The molecule has 0 aliphatic rings. The van der Waals surface area contributed by atoms with Crippen molar-refractivity contribution in [2.45, 2.75) is 6.54 Å². The fourth-order valence-electron chi connectivity index (χ4n) is 1.82. The standard InChI is InChI=1S/C14H10N4/c15-9-11-5-7-12(8-6-11)10-18-16-13-3-1-2-4-14(13)17-18/h1-8H,10H2. The third kappa shape index (κ3) is 1.94. The minimum Gasteiger partial charge on any atom is -0.192 e. The number of aromatic nitrogens is 3. The van der Waals surface area contributed by atoms with Crippen molar-refractivity contribution in [3.05, 3.63) is 59.7 Å². The molecule has 0 aliphatic heterocycles. The summed E-state index contributed by atoms with van der Waals surface area (Å²) in [6, 6.07) is 17.3. The van der Waals surface area contributed by atoms with Crippen LogP contribution in [0.25, 0.3) is 11.0 Å². The van der Waals surface area contributed by atoms with Gasteiger partial charge in [-0.1, -0.05) is 24.3 Å². The molecule has 0 unspecified atom stereocenters. The molecule has 0 aliphatic carbocycles. The fraction of sp³-hybridized carbons (Fsp3) is 0.0714. The smallest absolute Gasteiger partial charge is 0.113 e. The number of nitrogens with zero attached hydrogens (tertiary/aromatic N) is 4. The highest BCUT2D eigenvalue weighted by atomic mass is 15.5. The molecule has 1 heterocycles. The van der Waals surface area contributed by atoms with Crippen LogP contribution in [0.4, 0.5) is 0 Å². The van der Waals surface area contributed by atoms with E-state index in [0.29, 0.717) is 12.1 Å². The third-order valence-corrected chi connectivity index (χ3v) is 2.74. The molecule has 18 heavy (non-hydrogen) atoms. The van der Waals surface area contributed by atoms with E-state index in [2.05, 4.69) is 16.3 Å². The van der Waals surface area contributed by atoms with E-state index < -0.39 is 0 Å². The maximum absolute atomic E-state index is 8.73. The van der Waals surface area contributed by atoms with E-state index in [4.69, 9.17) is 5.26 Å². The summed E-state index contributed by atoms with van der Waals surface area (Å²) in [7, 11) is 0. The van der Waals surface area contributed by atoms with Gasteiger partial charge in [0.15, 0.2) is 0 Å². The van der Waals surface area contributed by atoms with Crippen LogP contribution in [0, 0.1) is 11.3 Å². The normalized spacial score (nSPS) is 10.4. The van der Waals surface area contributed by atoms with Gasteiger partial charge < -0.3 is 0 Å². The van der Waals surface area contributed by atoms with E-state index in [1.54, 1.807) is 16.9 Å². The number of rotatable bonds is 2. The van der Waals surface area contributed by atoms with Gasteiger partial charge in [0.1, 0.15) is 11.0 Å². The molecule has 0 fully saturated rings. The first-order valence-electron chi connectivity index (χ1n) is 5.64. The predicted molar refractivity (Wildman–Crippen MR) is 67.8 cm³/mol. The molecule has 4 heteroatoms. The first kappa shape index (κ1) is 10.5. The largest absolute Gasteiger partial charge is 0.192 e. The molecule has 2 aromatic carbocycles. The van der Waals surface area contributed by atoms with Gasteiger partial charge in [0.2, 0.25) is 0 Å². The Balaban J connectivity index is 1.89. The van der Waals surface area contributed by atoms with E-state index in [-0.39, 0.29) is 0 Å². The van der Waals surface area contributed by atoms with Crippen molar-refractivity contribution in [3.63, 3.8) is 0 Å². The number of benzene rings is 2. The molecule has 0 spiro atoms. The molecule has 0 bridgehead atoms. The minimum atomic E-state index is 0.611. The Labute approximate surface area is 104 Å². The Morgan fingerprint density at radius 1 is 0.944 bits per heavy atom. The summed E-state index contributed by atoms with van der Waals surface area (Å²) in [5, 5.41) is 17.5. The average Bonchev–Trinajstić information content (AvgIpc) is 2.82. The predicted octanol–water partition coefficient (Wildman–Crippen LogP) is 2.35. The maximum Gasteiger partial charge on any atom is 0.113 e. The van der Waals surface area contributed by atoms with Crippen molar-refractivity contribution in [3.8, 4) is 6.07 Å². The van der Waals surface area contributed by atoms with Gasteiger partial charge in [-0.25, -0.2) is 0 Å². The van der Waals surface area contributed by atoms with Crippen LogP contribution >= 0.6 is 0 Å². The lowest BCUT2D eigenvalue weighted by atomic mass is 10.1. The molecule has 3 aromatic rings. The molecule has 0 N–H and O–H groups in total. The summed E-state index contributed by atoms with van der Waals surface area (Å²) in [6.45, 7) is 0.611. The summed E-state index contributed by atoms with van der Waals surface area (Å²) < 4.78 is 0. The molecule has 0 radical (unpaired) electrons. The quantitative estimate of drug-likeness (QED) is 0.684. The molecule has 86 valence electrons. The van der Waals surface area contributed by atoms with Crippen molar-refractivity contribution in [1.29, 1.82) is 5.26 Å². The molecule has 3 rings (SSSR count). The van der Waals surface area contributed by atoms with E-state index in [1.807, 2.05) is 36.4 Å². The van der Waals surface area contributed by atoms with Crippen molar-refractivity contribution in [1.82, 2.24) is 15.0 Å². The van der Waals surface area contributed by atoms with E-state index in [0.717, 1.165) is 16.6 Å². The van der Waals surface area contributed by atoms with Gasteiger partial charge in [-0.2, -0.15) is 20.3 Å². The Morgan fingerprint density at radius 2 is 1.56 bits per heavy atom. The van der Waals surface area contributed by atoms with E-state index in [1.165, 1.54) is 0 Å². The van der Waals surface area contributed by atoms with Crippen molar-refractivity contribution < 1.29 is 0 Å². The molecule has 0 atom stereocenters. The lowest BCUT2D eigenvalue weighted by Crippen LogP contribution is -2.03. The van der Waals surface area contributed by atoms with Gasteiger partial charge in [-0.15, -0.1) is 0 Å². The highest BCUT2D eigenvalue weighted by Gasteiger charge is 2.02. The van der Waals surface area contributed by atoms with Gasteiger partial charge in [-0.05, 0) is 29.8 Å². The number of fused-ring (bicyclic) bond motifs is 1. The van der Waals surface area contributed by atoms with Gasteiger partial charge in [-0.3, -0.25) is 0 Å². The molecule has 0 saturated carbocycles. The van der Waals surface area contributed by atoms with Gasteiger partial charge in [0, 0.05) is 0 Å². The zero-order chi connectivity index (χ0) is 12.4. The van der Waals surface area contributed by atoms with Crippen molar-refractivity contribution in [2.24, 2.45) is 0 Å². The van der Waals surface area contributed by atoms with Gasteiger partial charge in [0.05, 0.1) is 18.2 Å². The van der Waals surface area contributed by atoms with Crippen LogP contribution in [0.3, 0.4) is 0 Å². The van der Waals surface area contributed by atoms with Crippen molar-refractivity contribution in [2.75, 3.05) is 0 Å². The van der Waals surface area contributed by atoms with E-state index >= 15 is 0 Å². The highest BCUT2D eigenvalue weighted by Crippen LogP contribution is 2.09. The van der Waals surface area contributed by atoms with Crippen LogP contribution in [0.15, 0.2) is 48.5 Å². The summed E-state index contributed by atoms with van der Waals surface area (Å²) in [4.78, 5) is 1.67. The zero-order valence-corrected chi connectivity index (χ0v) is 9.61. The number of hydrogen-bond acceptors (Lipinski definition) is 3. The summed E-state index contributed by atoms with van der Waals surface area (Å²) in [5.41, 5.74) is 3.53. The van der Waals surface area contributed by atoms with Crippen LogP contribution in [-0.2, 0) is 6.54 Å². The maximum atomic E-state index is 8.73. The summed E-state index contributed by atoms with van der Waals surface area (Å²) in [6.07, 6.45) is 0. The average molecular weight is 234 g/mol. The van der Waals surface area contributed by atoms with Crippen LogP contribution in [-0.4, -0.2) is 15.0 Å². The third-order valence-electron chi connectivity index (χ3n) is 2.74. The Kier molecular flexibility index (Phi) is 2.50. The van der Waals surface area contributed by atoms with E-state index in [9.17, 15) is 0 Å². The van der Waals surface area contributed by atoms with Crippen LogP contribution in [0.2, 0.25) is 0 Å². The van der Waals surface area contributed by atoms with Crippen LogP contribution in [0.5, 0.6) is 0 Å². The number of hydrogen-bond donors (Lipinski definition) is 0. The van der Waals surface area contributed by atoms with Gasteiger partial charge >= 0.3 is 0 Å². The zero-order valence-electron chi connectivity index (χ0n) is 9.61. The van der Waals surface area contributed by atoms with Crippen molar-refractivity contribution >= 4 is 11.0 Å². The molecule has 4 nitrogen and oxygen atoms in total. The second kappa shape index (κ2) is 4.30. The Hall–Kier alpha value is -2.67. The number of nitriles is 1.